The number of benzene rings is 2. The molecule has 0 atom stereocenters. The van der Waals surface area contributed by atoms with E-state index in [1.54, 1.807) is 12.1 Å². The molecule has 0 radical (unpaired) electrons. The average Bonchev–Trinajstić information content (AvgIpc) is 2.47. The lowest BCUT2D eigenvalue weighted by Crippen LogP contribution is -2.12. The van der Waals surface area contributed by atoms with Gasteiger partial charge in [0, 0.05) is 5.56 Å². The summed E-state index contributed by atoms with van der Waals surface area (Å²) in [5.74, 6) is 0.0994. The molecule has 1 aromatic heterocycles. The number of hydrogen-bond acceptors (Lipinski definition) is 3. The van der Waals surface area contributed by atoms with E-state index in [0.29, 0.717) is 11.4 Å². The van der Waals surface area contributed by atoms with E-state index >= 15 is 0 Å². The van der Waals surface area contributed by atoms with E-state index in [0.717, 1.165) is 11.1 Å². The Hall–Kier alpha value is -2.88. The molecule has 0 aliphatic heterocycles. The molecule has 0 aliphatic rings. The topological polar surface area (TPSA) is 66.0 Å². The third-order valence-corrected chi connectivity index (χ3v) is 3.25. The van der Waals surface area contributed by atoms with E-state index in [1.165, 1.54) is 0 Å². The van der Waals surface area contributed by atoms with Crippen LogP contribution in [0.1, 0.15) is 5.56 Å². The number of rotatable bonds is 2. The number of aryl methyl sites for hydroxylation is 1. The molecule has 0 aliphatic carbocycles. The van der Waals surface area contributed by atoms with Crippen molar-refractivity contribution in [2.75, 3.05) is 0 Å². The Balaban J connectivity index is 2.15. The molecule has 3 aromatic rings. The van der Waals surface area contributed by atoms with Gasteiger partial charge >= 0.3 is 0 Å². The minimum Gasteiger partial charge on any atom is -0.493 e. The second-order valence-corrected chi connectivity index (χ2v) is 4.85. The summed E-state index contributed by atoms with van der Waals surface area (Å²) < 4.78 is 0. The Labute approximate surface area is 121 Å². The Kier molecular flexibility index (Phi) is 3.28. The van der Waals surface area contributed by atoms with Crippen LogP contribution in [0.3, 0.4) is 0 Å². The molecule has 0 unspecified atom stereocenters. The normalized spacial score (nSPS) is 10.5. The fraction of sp³-hybridized carbons (Fsp3) is 0.0588. The zero-order valence-corrected chi connectivity index (χ0v) is 11.5. The highest BCUT2D eigenvalue weighted by molar-refractivity contribution is 5.69. The Morgan fingerprint density at radius 1 is 1.00 bits per heavy atom. The van der Waals surface area contributed by atoms with Crippen molar-refractivity contribution >= 4 is 0 Å². The highest BCUT2D eigenvalue weighted by Gasteiger charge is 2.13. The number of H-pyrrole nitrogens is 1. The summed E-state index contributed by atoms with van der Waals surface area (Å²) in [6.07, 6.45) is 0. The van der Waals surface area contributed by atoms with Crippen LogP contribution in [-0.4, -0.2) is 15.1 Å². The molecule has 21 heavy (non-hydrogen) atoms. The summed E-state index contributed by atoms with van der Waals surface area (Å²) in [6, 6.07) is 16.6. The maximum absolute atomic E-state index is 12.3. The van der Waals surface area contributed by atoms with E-state index in [4.69, 9.17) is 0 Å². The average molecular weight is 278 g/mol. The molecule has 4 heteroatoms. The van der Waals surface area contributed by atoms with Crippen molar-refractivity contribution in [2.24, 2.45) is 0 Å². The van der Waals surface area contributed by atoms with Crippen LogP contribution in [0.25, 0.3) is 22.5 Å². The second-order valence-electron chi connectivity index (χ2n) is 4.85. The molecule has 1 heterocycles. The Morgan fingerprint density at radius 3 is 2.38 bits per heavy atom. The van der Waals surface area contributed by atoms with Crippen LogP contribution in [0.5, 0.6) is 5.88 Å². The predicted molar refractivity (Wildman–Crippen MR) is 82.1 cm³/mol. The maximum Gasteiger partial charge on any atom is 0.262 e. The molecular weight excluding hydrogens is 264 g/mol. The van der Waals surface area contributed by atoms with Crippen LogP contribution in [0, 0.1) is 6.92 Å². The molecule has 4 nitrogen and oxygen atoms in total. The summed E-state index contributed by atoms with van der Waals surface area (Å²) in [5, 5.41) is 10.1. The molecule has 0 saturated carbocycles. The molecular formula is C17H14N2O2. The van der Waals surface area contributed by atoms with Gasteiger partial charge < -0.3 is 10.1 Å². The molecule has 0 amide bonds. The second kappa shape index (κ2) is 5.25. The molecule has 2 N–H and O–H groups in total. The van der Waals surface area contributed by atoms with Crippen molar-refractivity contribution < 1.29 is 5.11 Å². The quantitative estimate of drug-likeness (QED) is 0.757. The highest BCUT2D eigenvalue weighted by Crippen LogP contribution is 2.25. The van der Waals surface area contributed by atoms with Crippen LogP contribution < -0.4 is 5.56 Å². The molecule has 3 rings (SSSR count). The van der Waals surface area contributed by atoms with Gasteiger partial charge in [-0.05, 0) is 18.6 Å². The first-order chi connectivity index (χ1) is 10.1. The van der Waals surface area contributed by atoms with Gasteiger partial charge in [0.25, 0.3) is 5.56 Å². The first-order valence-corrected chi connectivity index (χ1v) is 6.61. The van der Waals surface area contributed by atoms with Crippen LogP contribution in [0.4, 0.5) is 0 Å². The summed E-state index contributed by atoms with van der Waals surface area (Å²) in [6.45, 7) is 1.96. The number of aromatic hydroxyl groups is 1. The summed E-state index contributed by atoms with van der Waals surface area (Å²) in [7, 11) is 0. The zero-order chi connectivity index (χ0) is 14.8. The number of nitrogens with zero attached hydrogens (tertiary/aromatic N) is 1. The Morgan fingerprint density at radius 2 is 1.71 bits per heavy atom. The fourth-order valence-electron chi connectivity index (χ4n) is 2.26. The zero-order valence-electron chi connectivity index (χ0n) is 11.5. The van der Waals surface area contributed by atoms with Crippen molar-refractivity contribution in [3.63, 3.8) is 0 Å². The van der Waals surface area contributed by atoms with E-state index < -0.39 is 0 Å². The van der Waals surface area contributed by atoms with Crippen molar-refractivity contribution in [2.45, 2.75) is 6.92 Å². The predicted octanol–water partition coefficient (Wildman–Crippen LogP) is 3.12. The van der Waals surface area contributed by atoms with Gasteiger partial charge in [0.2, 0.25) is 5.88 Å². The number of aromatic amines is 1. The van der Waals surface area contributed by atoms with Crippen molar-refractivity contribution in [1.82, 2.24) is 9.97 Å². The minimum atomic E-state index is -0.356. The largest absolute Gasteiger partial charge is 0.493 e. The first-order valence-electron chi connectivity index (χ1n) is 6.61. The lowest BCUT2D eigenvalue weighted by molar-refractivity contribution is 0.454. The van der Waals surface area contributed by atoms with Gasteiger partial charge in [-0.1, -0.05) is 54.1 Å². The summed E-state index contributed by atoms with van der Waals surface area (Å²) in [5.41, 5.74) is 2.29. The van der Waals surface area contributed by atoms with Gasteiger partial charge in [0.1, 0.15) is 11.4 Å². The number of hydrogen-bond donors (Lipinski definition) is 2. The molecule has 0 bridgehead atoms. The Bertz CT molecular complexity index is 839. The summed E-state index contributed by atoms with van der Waals surface area (Å²) >= 11 is 0. The van der Waals surface area contributed by atoms with Crippen LogP contribution in [0.2, 0.25) is 0 Å². The van der Waals surface area contributed by atoms with E-state index in [9.17, 15) is 9.90 Å². The van der Waals surface area contributed by atoms with E-state index in [-0.39, 0.29) is 17.0 Å². The van der Waals surface area contributed by atoms with Gasteiger partial charge in [-0.15, -0.1) is 0 Å². The summed E-state index contributed by atoms with van der Waals surface area (Å²) in [4.78, 5) is 19.1. The smallest absolute Gasteiger partial charge is 0.262 e. The van der Waals surface area contributed by atoms with Crippen molar-refractivity contribution in [3.05, 3.63) is 70.5 Å². The van der Waals surface area contributed by atoms with Gasteiger partial charge in [-0.25, -0.2) is 0 Å². The molecule has 0 fully saturated rings. The maximum atomic E-state index is 12.3. The number of aromatic nitrogens is 2. The lowest BCUT2D eigenvalue weighted by Gasteiger charge is -2.06. The standard InChI is InChI=1S/C17H14N2O2/c1-11-6-5-9-13(10-11)15-18-16(20)14(17(21)19-15)12-7-3-2-4-8-12/h2-10H,1H3,(H2,18,19,20,21). The van der Waals surface area contributed by atoms with Crippen LogP contribution >= 0.6 is 0 Å². The van der Waals surface area contributed by atoms with Crippen LogP contribution in [0.15, 0.2) is 59.4 Å². The van der Waals surface area contributed by atoms with E-state index in [1.807, 2.05) is 49.4 Å². The minimum absolute atomic E-state index is 0.187. The van der Waals surface area contributed by atoms with Gasteiger partial charge in [0.15, 0.2) is 0 Å². The van der Waals surface area contributed by atoms with Gasteiger partial charge in [0.05, 0.1) is 0 Å². The molecule has 2 aromatic carbocycles. The third kappa shape index (κ3) is 2.56. The SMILES string of the molecule is Cc1cccc(-c2nc(O)c(-c3ccccc3)c(=O)[nH]2)c1. The van der Waals surface area contributed by atoms with Crippen LogP contribution in [-0.2, 0) is 0 Å². The third-order valence-electron chi connectivity index (χ3n) is 3.25. The van der Waals surface area contributed by atoms with Crippen molar-refractivity contribution in [3.8, 4) is 28.4 Å². The lowest BCUT2D eigenvalue weighted by atomic mass is 10.1. The monoisotopic (exact) mass is 278 g/mol. The molecule has 104 valence electrons. The van der Waals surface area contributed by atoms with E-state index in [2.05, 4.69) is 9.97 Å². The molecule has 0 saturated heterocycles. The highest BCUT2D eigenvalue weighted by atomic mass is 16.3. The first kappa shape index (κ1) is 13.1. The van der Waals surface area contributed by atoms with Gasteiger partial charge in [-0.2, -0.15) is 4.98 Å². The van der Waals surface area contributed by atoms with Crippen molar-refractivity contribution in [1.29, 1.82) is 0 Å². The fourth-order valence-corrected chi connectivity index (χ4v) is 2.26. The van der Waals surface area contributed by atoms with Gasteiger partial charge in [-0.3, -0.25) is 4.79 Å². The number of nitrogens with one attached hydrogen (secondary N) is 1. The molecule has 0 spiro atoms.